The van der Waals surface area contributed by atoms with Crippen LogP contribution < -0.4 is 5.69 Å². The van der Waals surface area contributed by atoms with Crippen LogP contribution in [0.25, 0.3) is 27.9 Å². The second-order valence-corrected chi connectivity index (χ2v) is 8.95. The normalized spacial score (nSPS) is 11.3. The zero-order valence-electron chi connectivity index (χ0n) is 17.5. The van der Waals surface area contributed by atoms with Crippen LogP contribution in [-0.4, -0.2) is 19.4 Å². The quantitative estimate of drug-likeness (QED) is 0.284. The molecule has 33 heavy (non-hydrogen) atoms. The van der Waals surface area contributed by atoms with E-state index in [0.717, 1.165) is 22.3 Å². The highest BCUT2D eigenvalue weighted by molar-refractivity contribution is 6.33. The van der Waals surface area contributed by atoms with Crippen LogP contribution in [-0.2, 0) is 6.54 Å². The Labute approximate surface area is 204 Å². The van der Waals surface area contributed by atoms with E-state index in [9.17, 15) is 4.79 Å². The molecule has 0 unspecified atom stereocenters. The Morgan fingerprint density at radius 1 is 0.727 bits per heavy atom. The van der Waals surface area contributed by atoms with Gasteiger partial charge in [0.05, 0.1) is 6.54 Å². The van der Waals surface area contributed by atoms with Crippen molar-refractivity contribution in [1.29, 1.82) is 0 Å². The predicted molar refractivity (Wildman–Crippen MR) is 133 cm³/mol. The fraction of sp³-hybridized carbons (Fsp3) is 0.0800. The molecular formula is C25H17Cl3N4O. The number of aryl methyl sites for hydroxylation is 1. The van der Waals surface area contributed by atoms with Gasteiger partial charge in [0, 0.05) is 21.2 Å². The van der Waals surface area contributed by atoms with Crippen molar-refractivity contribution >= 4 is 40.4 Å². The molecule has 0 saturated heterocycles. The number of nitrogens with zero attached hydrogens (tertiary/aromatic N) is 4. The molecule has 0 aliphatic carbocycles. The van der Waals surface area contributed by atoms with Crippen molar-refractivity contribution in [2.75, 3.05) is 0 Å². The van der Waals surface area contributed by atoms with Crippen LogP contribution in [0, 0.1) is 6.92 Å². The largest absolute Gasteiger partial charge is 0.367 e. The van der Waals surface area contributed by atoms with Gasteiger partial charge in [0.25, 0.3) is 0 Å². The smallest absolute Gasteiger partial charge is 0.244 e. The van der Waals surface area contributed by atoms with Crippen molar-refractivity contribution in [2.45, 2.75) is 13.5 Å². The highest BCUT2D eigenvalue weighted by Gasteiger charge is 2.22. The maximum atomic E-state index is 13.2. The van der Waals surface area contributed by atoms with Gasteiger partial charge in [-0.05, 0) is 47.9 Å². The van der Waals surface area contributed by atoms with Gasteiger partial charge in [0.2, 0.25) is 0 Å². The molecule has 2 aromatic heterocycles. The first-order valence-corrected chi connectivity index (χ1v) is 11.3. The standard InChI is InChI=1S/C25H17Cl3N4O/c1-15-2-4-16(5-3-15)14-31-25(33)32-24(30-31)22(18-8-12-20(27)13-9-18)21(23(28)29-32)17-6-10-19(26)11-7-17/h2-13H,14H2,1H3. The van der Waals surface area contributed by atoms with Gasteiger partial charge in [0.1, 0.15) is 0 Å². The Balaban J connectivity index is 1.78. The van der Waals surface area contributed by atoms with Gasteiger partial charge in [-0.3, -0.25) is 0 Å². The average molecular weight is 496 g/mol. The summed E-state index contributed by atoms with van der Waals surface area (Å²) in [6.07, 6.45) is 0. The zero-order chi connectivity index (χ0) is 23.1. The second-order valence-electron chi connectivity index (χ2n) is 7.72. The predicted octanol–water partition coefficient (Wildman–Crippen LogP) is 6.54. The summed E-state index contributed by atoms with van der Waals surface area (Å²) in [6, 6.07) is 22.6. The van der Waals surface area contributed by atoms with Gasteiger partial charge >= 0.3 is 5.69 Å². The van der Waals surface area contributed by atoms with Gasteiger partial charge in [-0.15, -0.1) is 10.2 Å². The summed E-state index contributed by atoms with van der Waals surface area (Å²) < 4.78 is 2.65. The second kappa shape index (κ2) is 8.67. The number of aromatic nitrogens is 4. The van der Waals surface area contributed by atoms with Gasteiger partial charge in [-0.25, -0.2) is 9.48 Å². The van der Waals surface area contributed by atoms with Crippen LogP contribution in [0.4, 0.5) is 0 Å². The summed E-state index contributed by atoms with van der Waals surface area (Å²) in [4.78, 5) is 13.2. The molecule has 0 bridgehead atoms. The SMILES string of the molecule is Cc1ccc(Cn2nc3c(-c4ccc(Cl)cc4)c(-c4ccc(Cl)cc4)c(Cl)nn3c2=O)cc1. The monoisotopic (exact) mass is 494 g/mol. The van der Waals surface area contributed by atoms with Gasteiger partial charge in [0.15, 0.2) is 10.8 Å². The molecule has 5 nitrogen and oxygen atoms in total. The topological polar surface area (TPSA) is 52.2 Å². The molecule has 2 heterocycles. The molecule has 164 valence electrons. The Hall–Kier alpha value is -3.12. The van der Waals surface area contributed by atoms with E-state index in [-0.39, 0.29) is 10.8 Å². The van der Waals surface area contributed by atoms with E-state index < -0.39 is 0 Å². The molecule has 0 fully saturated rings. The number of hydrogen-bond donors (Lipinski definition) is 0. The first kappa shape index (κ1) is 21.7. The third-order valence-electron chi connectivity index (χ3n) is 5.40. The zero-order valence-corrected chi connectivity index (χ0v) is 19.7. The summed E-state index contributed by atoms with van der Waals surface area (Å²) in [5.74, 6) is 0. The van der Waals surface area contributed by atoms with E-state index in [1.165, 1.54) is 9.20 Å². The molecule has 0 amide bonds. The third kappa shape index (κ3) is 4.15. The lowest BCUT2D eigenvalue weighted by Crippen LogP contribution is -2.23. The maximum absolute atomic E-state index is 13.2. The molecule has 3 aromatic carbocycles. The fourth-order valence-corrected chi connectivity index (χ4v) is 4.27. The molecule has 0 atom stereocenters. The van der Waals surface area contributed by atoms with Crippen molar-refractivity contribution in [2.24, 2.45) is 0 Å². The molecular weight excluding hydrogens is 479 g/mol. The summed E-state index contributed by atoms with van der Waals surface area (Å²) in [6.45, 7) is 2.33. The molecule has 0 aliphatic heterocycles. The van der Waals surface area contributed by atoms with Crippen molar-refractivity contribution < 1.29 is 0 Å². The molecule has 0 aliphatic rings. The van der Waals surface area contributed by atoms with E-state index in [1.807, 2.05) is 55.5 Å². The van der Waals surface area contributed by atoms with Crippen molar-refractivity contribution in [3.05, 3.63) is 110 Å². The van der Waals surface area contributed by atoms with Crippen LogP contribution in [0.1, 0.15) is 11.1 Å². The number of hydrogen-bond acceptors (Lipinski definition) is 3. The Morgan fingerprint density at radius 3 is 1.85 bits per heavy atom. The van der Waals surface area contributed by atoms with Crippen LogP contribution in [0.5, 0.6) is 0 Å². The minimum Gasteiger partial charge on any atom is -0.244 e. The lowest BCUT2D eigenvalue weighted by molar-refractivity contribution is 0.650. The van der Waals surface area contributed by atoms with Gasteiger partial charge in [-0.1, -0.05) is 88.9 Å². The highest BCUT2D eigenvalue weighted by atomic mass is 35.5. The van der Waals surface area contributed by atoms with Crippen LogP contribution in [0.15, 0.2) is 77.6 Å². The molecule has 5 rings (SSSR count). The molecule has 0 saturated carbocycles. The number of halogens is 3. The summed E-state index contributed by atoms with van der Waals surface area (Å²) in [7, 11) is 0. The molecule has 8 heteroatoms. The average Bonchev–Trinajstić information content (AvgIpc) is 3.11. The van der Waals surface area contributed by atoms with Crippen LogP contribution in [0.3, 0.4) is 0 Å². The maximum Gasteiger partial charge on any atom is 0.367 e. The Kier molecular flexibility index (Phi) is 5.71. The van der Waals surface area contributed by atoms with E-state index in [0.29, 0.717) is 33.4 Å². The van der Waals surface area contributed by atoms with Crippen LogP contribution >= 0.6 is 34.8 Å². The Bertz CT molecular complexity index is 1520. The van der Waals surface area contributed by atoms with Crippen molar-refractivity contribution in [3.8, 4) is 22.3 Å². The lowest BCUT2D eigenvalue weighted by atomic mass is 9.97. The molecule has 0 spiro atoms. The number of benzene rings is 3. The van der Waals surface area contributed by atoms with Gasteiger partial charge < -0.3 is 0 Å². The van der Waals surface area contributed by atoms with E-state index in [4.69, 9.17) is 34.8 Å². The van der Waals surface area contributed by atoms with E-state index in [1.54, 1.807) is 24.3 Å². The number of fused-ring (bicyclic) bond motifs is 1. The molecule has 0 radical (unpaired) electrons. The van der Waals surface area contributed by atoms with Crippen LogP contribution in [0.2, 0.25) is 15.2 Å². The van der Waals surface area contributed by atoms with E-state index >= 15 is 0 Å². The minimum absolute atomic E-state index is 0.187. The lowest BCUT2D eigenvalue weighted by Gasteiger charge is -2.12. The van der Waals surface area contributed by atoms with Crippen molar-refractivity contribution in [1.82, 2.24) is 19.4 Å². The fourth-order valence-electron chi connectivity index (χ4n) is 3.74. The molecule has 0 N–H and O–H groups in total. The molecule has 5 aromatic rings. The minimum atomic E-state index is -0.370. The summed E-state index contributed by atoms with van der Waals surface area (Å²) >= 11 is 18.9. The van der Waals surface area contributed by atoms with Gasteiger partial charge in [-0.2, -0.15) is 4.52 Å². The van der Waals surface area contributed by atoms with Crippen molar-refractivity contribution in [3.63, 3.8) is 0 Å². The highest BCUT2D eigenvalue weighted by Crippen LogP contribution is 2.39. The third-order valence-corrected chi connectivity index (χ3v) is 6.17. The summed E-state index contributed by atoms with van der Waals surface area (Å²) in [5, 5.41) is 10.4. The summed E-state index contributed by atoms with van der Waals surface area (Å²) in [5.41, 5.74) is 5.12. The van der Waals surface area contributed by atoms with E-state index in [2.05, 4.69) is 10.2 Å². The Morgan fingerprint density at radius 2 is 1.27 bits per heavy atom. The first-order chi connectivity index (χ1) is 15.9. The first-order valence-electron chi connectivity index (χ1n) is 10.2. The number of rotatable bonds is 4.